The number of hydrogen-bond acceptors (Lipinski definition) is 2. The van der Waals surface area contributed by atoms with Crippen LogP contribution in [0.25, 0.3) is 6.08 Å². The van der Waals surface area contributed by atoms with Crippen molar-refractivity contribution < 1.29 is 4.79 Å². The first-order chi connectivity index (χ1) is 10.1. The number of nitrogens with zero attached hydrogens (tertiary/aromatic N) is 1. The van der Waals surface area contributed by atoms with Crippen LogP contribution in [0.3, 0.4) is 0 Å². The van der Waals surface area contributed by atoms with Gasteiger partial charge in [0.25, 0.3) is 5.91 Å². The molecule has 0 aromatic heterocycles. The first-order valence-electron chi connectivity index (χ1n) is 6.57. The standard InChI is InChI=1S/C17H13ClN2O/c1-11-5-2-3-8-14(11)16-19-15(17(21)20-16)10-12-6-4-7-13(18)9-12/h2-10H,1H3,(H,19,20,21)/b15-10+. The maximum absolute atomic E-state index is 12.0. The molecule has 0 saturated carbocycles. The molecule has 0 aliphatic carbocycles. The van der Waals surface area contributed by atoms with Crippen molar-refractivity contribution in [2.45, 2.75) is 6.92 Å². The second-order valence-electron chi connectivity index (χ2n) is 4.81. The van der Waals surface area contributed by atoms with Crippen LogP contribution < -0.4 is 5.32 Å². The fourth-order valence-electron chi connectivity index (χ4n) is 2.19. The Balaban J connectivity index is 1.98. The summed E-state index contributed by atoms with van der Waals surface area (Å²) < 4.78 is 0. The van der Waals surface area contributed by atoms with Gasteiger partial charge >= 0.3 is 0 Å². The summed E-state index contributed by atoms with van der Waals surface area (Å²) in [6.07, 6.45) is 1.73. The van der Waals surface area contributed by atoms with E-state index in [1.165, 1.54) is 0 Å². The van der Waals surface area contributed by atoms with Crippen LogP contribution in [0.4, 0.5) is 0 Å². The summed E-state index contributed by atoms with van der Waals surface area (Å²) in [7, 11) is 0. The summed E-state index contributed by atoms with van der Waals surface area (Å²) in [5.74, 6) is 0.389. The molecule has 0 bridgehead atoms. The number of hydrogen-bond donors (Lipinski definition) is 1. The molecule has 1 aliphatic heterocycles. The molecule has 2 aromatic rings. The predicted molar refractivity (Wildman–Crippen MR) is 85.3 cm³/mol. The molecule has 1 heterocycles. The minimum absolute atomic E-state index is 0.201. The highest BCUT2D eigenvalue weighted by molar-refractivity contribution is 6.30. The van der Waals surface area contributed by atoms with Crippen molar-refractivity contribution in [1.82, 2.24) is 5.32 Å². The largest absolute Gasteiger partial charge is 0.305 e. The van der Waals surface area contributed by atoms with Gasteiger partial charge in [-0.3, -0.25) is 4.79 Å². The summed E-state index contributed by atoms with van der Waals surface area (Å²) in [5.41, 5.74) is 3.24. The monoisotopic (exact) mass is 296 g/mol. The van der Waals surface area contributed by atoms with Gasteiger partial charge in [0.1, 0.15) is 11.5 Å². The number of benzene rings is 2. The quantitative estimate of drug-likeness (QED) is 0.846. The minimum Gasteiger partial charge on any atom is -0.305 e. The second kappa shape index (κ2) is 5.54. The van der Waals surface area contributed by atoms with Crippen molar-refractivity contribution in [3.05, 3.63) is 75.9 Å². The van der Waals surface area contributed by atoms with E-state index in [1.54, 1.807) is 18.2 Å². The molecule has 104 valence electrons. The molecule has 4 heteroatoms. The van der Waals surface area contributed by atoms with Crippen LogP contribution in [-0.4, -0.2) is 11.7 Å². The van der Waals surface area contributed by atoms with Gasteiger partial charge in [0.05, 0.1) is 0 Å². The van der Waals surface area contributed by atoms with Gasteiger partial charge in [-0.25, -0.2) is 4.99 Å². The molecule has 1 N–H and O–H groups in total. The maximum Gasteiger partial charge on any atom is 0.275 e. The lowest BCUT2D eigenvalue weighted by atomic mass is 10.1. The van der Waals surface area contributed by atoms with Crippen molar-refractivity contribution in [3.8, 4) is 0 Å². The molecular formula is C17H13ClN2O. The highest BCUT2D eigenvalue weighted by Crippen LogP contribution is 2.18. The molecule has 0 unspecified atom stereocenters. The Kier molecular flexibility index (Phi) is 3.59. The Labute approximate surface area is 128 Å². The molecule has 3 rings (SSSR count). The summed E-state index contributed by atoms with van der Waals surface area (Å²) in [5, 5.41) is 3.44. The normalized spacial score (nSPS) is 16.0. The number of aliphatic imine (C=N–C) groups is 1. The summed E-state index contributed by atoms with van der Waals surface area (Å²) in [6, 6.07) is 15.1. The third kappa shape index (κ3) is 2.88. The number of carbonyl (C=O) groups is 1. The van der Waals surface area contributed by atoms with Gasteiger partial charge in [-0.15, -0.1) is 0 Å². The van der Waals surface area contributed by atoms with Gasteiger partial charge in [-0.05, 0) is 36.3 Å². The minimum atomic E-state index is -0.201. The first-order valence-corrected chi connectivity index (χ1v) is 6.94. The SMILES string of the molecule is Cc1ccccc1C1=N/C(=C/c2cccc(Cl)c2)C(=O)N1. The van der Waals surface area contributed by atoms with E-state index in [-0.39, 0.29) is 5.91 Å². The molecule has 1 aliphatic rings. The smallest absolute Gasteiger partial charge is 0.275 e. The lowest BCUT2D eigenvalue weighted by Crippen LogP contribution is -2.25. The summed E-state index contributed by atoms with van der Waals surface area (Å²) in [6.45, 7) is 1.99. The van der Waals surface area contributed by atoms with Crippen molar-refractivity contribution in [1.29, 1.82) is 0 Å². The Morgan fingerprint density at radius 3 is 2.71 bits per heavy atom. The van der Waals surface area contributed by atoms with Crippen LogP contribution in [0.15, 0.2) is 59.2 Å². The van der Waals surface area contributed by atoms with E-state index in [9.17, 15) is 4.79 Å². The van der Waals surface area contributed by atoms with Gasteiger partial charge in [-0.1, -0.05) is 48.0 Å². The van der Waals surface area contributed by atoms with Gasteiger partial charge in [0.2, 0.25) is 0 Å². The van der Waals surface area contributed by atoms with Crippen molar-refractivity contribution in [2.75, 3.05) is 0 Å². The fourth-order valence-corrected chi connectivity index (χ4v) is 2.39. The van der Waals surface area contributed by atoms with Crippen molar-refractivity contribution >= 4 is 29.4 Å². The maximum atomic E-state index is 12.0. The van der Waals surface area contributed by atoms with E-state index in [2.05, 4.69) is 10.3 Å². The van der Waals surface area contributed by atoms with Crippen LogP contribution in [0, 0.1) is 6.92 Å². The highest BCUT2D eigenvalue weighted by atomic mass is 35.5. The van der Waals surface area contributed by atoms with Gasteiger partial charge in [0.15, 0.2) is 0 Å². The third-order valence-electron chi connectivity index (χ3n) is 3.25. The highest BCUT2D eigenvalue weighted by Gasteiger charge is 2.21. The van der Waals surface area contributed by atoms with Crippen molar-refractivity contribution in [3.63, 3.8) is 0 Å². The number of aryl methyl sites for hydroxylation is 1. The number of rotatable bonds is 2. The van der Waals surface area contributed by atoms with E-state index >= 15 is 0 Å². The van der Waals surface area contributed by atoms with Crippen LogP contribution in [0.2, 0.25) is 5.02 Å². The van der Waals surface area contributed by atoms with Crippen LogP contribution in [0.5, 0.6) is 0 Å². The summed E-state index contributed by atoms with van der Waals surface area (Å²) >= 11 is 5.95. The van der Waals surface area contributed by atoms with E-state index in [4.69, 9.17) is 11.6 Å². The zero-order valence-corrected chi connectivity index (χ0v) is 12.2. The lowest BCUT2D eigenvalue weighted by Gasteiger charge is -2.03. The lowest BCUT2D eigenvalue weighted by molar-refractivity contribution is -0.115. The zero-order valence-electron chi connectivity index (χ0n) is 11.4. The molecule has 0 fully saturated rings. The molecule has 21 heavy (non-hydrogen) atoms. The van der Waals surface area contributed by atoms with Crippen molar-refractivity contribution in [2.24, 2.45) is 4.99 Å². The van der Waals surface area contributed by atoms with Crippen LogP contribution in [-0.2, 0) is 4.79 Å². The Hall–Kier alpha value is -2.39. The second-order valence-corrected chi connectivity index (χ2v) is 5.25. The predicted octanol–water partition coefficient (Wildman–Crippen LogP) is 3.57. The average Bonchev–Trinajstić information content (AvgIpc) is 2.80. The number of amides is 1. The van der Waals surface area contributed by atoms with Gasteiger partial charge in [-0.2, -0.15) is 0 Å². The molecule has 0 atom stereocenters. The first kappa shape index (κ1) is 13.6. The molecule has 2 aromatic carbocycles. The van der Waals surface area contributed by atoms with Crippen LogP contribution >= 0.6 is 11.6 Å². The molecular weight excluding hydrogens is 284 g/mol. The Morgan fingerprint density at radius 1 is 1.14 bits per heavy atom. The molecule has 3 nitrogen and oxygen atoms in total. The van der Waals surface area contributed by atoms with Crippen LogP contribution in [0.1, 0.15) is 16.7 Å². The van der Waals surface area contributed by atoms with E-state index in [1.807, 2.05) is 43.3 Å². The van der Waals surface area contributed by atoms with E-state index in [0.717, 1.165) is 16.7 Å². The number of nitrogens with one attached hydrogen (secondary N) is 1. The fraction of sp³-hybridized carbons (Fsp3) is 0.0588. The van der Waals surface area contributed by atoms with E-state index in [0.29, 0.717) is 16.6 Å². The third-order valence-corrected chi connectivity index (χ3v) is 3.48. The Morgan fingerprint density at radius 2 is 1.95 bits per heavy atom. The topological polar surface area (TPSA) is 41.5 Å². The summed E-state index contributed by atoms with van der Waals surface area (Å²) in [4.78, 5) is 16.4. The van der Waals surface area contributed by atoms with Gasteiger partial charge in [0, 0.05) is 10.6 Å². The molecule has 0 spiro atoms. The van der Waals surface area contributed by atoms with E-state index < -0.39 is 0 Å². The average molecular weight is 297 g/mol. The zero-order chi connectivity index (χ0) is 14.8. The number of carbonyl (C=O) groups excluding carboxylic acids is 1. The number of amidine groups is 1. The van der Waals surface area contributed by atoms with Gasteiger partial charge < -0.3 is 5.32 Å². The Bertz CT molecular complexity index is 778. The molecule has 1 amide bonds. The molecule has 0 saturated heterocycles. The number of halogens is 1. The molecule has 0 radical (unpaired) electrons.